The largest absolute Gasteiger partial charge is 0.481 e. The second kappa shape index (κ2) is 10.0. The van der Waals surface area contributed by atoms with Crippen molar-refractivity contribution in [2.75, 3.05) is 4.90 Å². The highest BCUT2D eigenvalue weighted by Gasteiger charge is 2.50. The number of rotatable bonds is 5. The van der Waals surface area contributed by atoms with Crippen molar-refractivity contribution < 1.29 is 36.2 Å². The first kappa shape index (κ1) is 27.2. The van der Waals surface area contributed by atoms with E-state index in [4.69, 9.17) is 0 Å². The first-order valence-corrected chi connectivity index (χ1v) is 12.3. The molecule has 1 N–H and O–H groups in total. The summed E-state index contributed by atoms with van der Waals surface area (Å²) in [4.78, 5) is 17.7. The van der Waals surface area contributed by atoms with Gasteiger partial charge in [-0.2, -0.15) is 13.2 Å². The Kier molecular flexibility index (Phi) is 6.81. The summed E-state index contributed by atoms with van der Waals surface area (Å²) in [6, 6.07) is 12.4. The summed E-state index contributed by atoms with van der Waals surface area (Å²) in [6.45, 7) is 1.59. The lowest BCUT2D eigenvalue weighted by Crippen LogP contribution is -2.55. The highest BCUT2D eigenvalue weighted by molar-refractivity contribution is 6.12. The molecule has 0 amide bonds. The molecule has 0 aromatic heterocycles. The highest BCUT2D eigenvalue weighted by atomic mass is 19.4. The summed E-state index contributed by atoms with van der Waals surface area (Å²) in [7, 11) is 0. The van der Waals surface area contributed by atoms with Crippen LogP contribution in [-0.4, -0.2) is 23.0 Å². The van der Waals surface area contributed by atoms with Crippen LogP contribution in [0.2, 0.25) is 0 Å². The van der Waals surface area contributed by atoms with Gasteiger partial charge in [0.05, 0.1) is 29.3 Å². The van der Waals surface area contributed by atoms with Gasteiger partial charge in [-0.3, -0.25) is 4.79 Å². The molecule has 206 valence electrons. The Bertz CT molecular complexity index is 1580. The number of halogens is 6. The molecular weight excluding hydrogens is 534 g/mol. The van der Waals surface area contributed by atoms with E-state index in [0.29, 0.717) is 11.1 Å². The average Bonchev–Trinajstić information content (AvgIpc) is 2.89. The summed E-state index contributed by atoms with van der Waals surface area (Å²) in [5, 5.41) is 9.80. The van der Waals surface area contributed by atoms with E-state index >= 15 is 8.78 Å². The summed E-state index contributed by atoms with van der Waals surface area (Å²) >= 11 is 0. The normalized spacial score (nSPS) is 20.8. The van der Waals surface area contributed by atoms with Gasteiger partial charge in [-0.25, -0.2) is 18.2 Å². The number of allylic oxidation sites excluding steroid dienone is 3. The van der Waals surface area contributed by atoms with Crippen LogP contribution in [0.5, 0.6) is 0 Å². The van der Waals surface area contributed by atoms with E-state index in [1.165, 1.54) is 59.5 Å². The zero-order valence-corrected chi connectivity index (χ0v) is 21.0. The predicted octanol–water partition coefficient (Wildman–Crippen LogP) is 7.91. The van der Waals surface area contributed by atoms with Gasteiger partial charge in [0.25, 0.3) is 0 Å². The lowest BCUT2D eigenvalue weighted by Gasteiger charge is -2.49. The van der Waals surface area contributed by atoms with Crippen molar-refractivity contribution in [3.05, 3.63) is 113 Å². The maximum atomic E-state index is 15.8. The van der Waals surface area contributed by atoms with Crippen molar-refractivity contribution in [1.29, 1.82) is 0 Å². The monoisotopic (exact) mass is 556 g/mol. The van der Waals surface area contributed by atoms with Gasteiger partial charge in [0.1, 0.15) is 23.3 Å². The number of fused-ring (bicyclic) bond motifs is 1. The molecule has 10 heteroatoms. The number of anilines is 1. The molecular formula is C30H22F6N2O2. The molecule has 1 aliphatic carbocycles. The molecule has 0 saturated heterocycles. The summed E-state index contributed by atoms with van der Waals surface area (Å²) < 4.78 is 85.3. The maximum Gasteiger partial charge on any atom is 0.416 e. The van der Waals surface area contributed by atoms with Gasteiger partial charge in [0.2, 0.25) is 0 Å². The Balaban J connectivity index is 1.74. The number of nitrogens with zero attached hydrogens (tertiary/aromatic N) is 2. The minimum atomic E-state index is -4.71. The van der Waals surface area contributed by atoms with Crippen LogP contribution >= 0.6 is 0 Å². The van der Waals surface area contributed by atoms with Crippen LogP contribution in [0.1, 0.15) is 30.9 Å². The van der Waals surface area contributed by atoms with Crippen molar-refractivity contribution in [3.63, 3.8) is 0 Å². The summed E-state index contributed by atoms with van der Waals surface area (Å²) in [5.41, 5.74) is -1.70. The zero-order valence-electron chi connectivity index (χ0n) is 21.0. The average molecular weight is 557 g/mol. The van der Waals surface area contributed by atoms with Gasteiger partial charge < -0.3 is 10.0 Å². The van der Waals surface area contributed by atoms with E-state index in [1.807, 2.05) is 0 Å². The maximum absolute atomic E-state index is 15.8. The molecule has 4 nitrogen and oxygen atoms in total. The Morgan fingerprint density at radius 3 is 2.38 bits per heavy atom. The van der Waals surface area contributed by atoms with Gasteiger partial charge in [-0.1, -0.05) is 37.3 Å². The molecule has 2 unspecified atom stereocenters. The van der Waals surface area contributed by atoms with E-state index < -0.39 is 53.0 Å². The number of hydrogen-bond acceptors (Lipinski definition) is 3. The Morgan fingerprint density at radius 1 is 1.02 bits per heavy atom. The number of aliphatic imine (C=N–C) groups is 1. The second-order valence-corrected chi connectivity index (χ2v) is 9.89. The highest BCUT2D eigenvalue weighted by Crippen LogP contribution is 2.49. The SMILES string of the molecule is CC12CC=CC(F)=C1N=C(c1ccc(-c3ccc(F)cc3)cc1F)N(c1cccc(C(F)(F)F)c1)C2CC(=O)O. The number of carbonyl (C=O) groups is 1. The molecule has 0 radical (unpaired) electrons. The number of carboxylic acids is 1. The molecule has 5 rings (SSSR count). The topological polar surface area (TPSA) is 52.9 Å². The minimum Gasteiger partial charge on any atom is -0.481 e. The van der Waals surface area contributed by atoms with Crippen LogP contribution in [-0.2, 0) is 11.0 Å². The molecule has 2 aliphatic rings. The van der Waals surface area contributed by atoms with Gasteiger partial charge in [0, 0.05) is 11.1 Å². The number of hydrogen-bond donors (Lipinski definition) is 1. The molecule has 1 aliphatic heterocycles. The first-order chi connectivity index (χ1) is 18.9. The molecule has 0 spiro atoms. The molecule has 0 saturated carbocycles. The number of aliphatic carboxylic acids is 1. The van der Waals surface area contributed by atoms with E-state index in [1.54, 1.807) is 6.92 Å². The Morgan fingerprint density at radius 2 is 1.73 bits per heavy atom. The predicted molar refractivity (Wildman–Crippen MR) is 138 cm³/mol. The van der Waals surface area contributed by atoms with Crippen LogP contribution < -0.4 is 4.90 Å². The second-order valence-electron chi connectivity index (χ2n) is 9.89. The number of benzene rings is 3. The van der Waals surface area contributed by atoms with Gasteiger partial charge in [-0.15, -0.1) is 0 Å². The zero-order chi connectivity index (χ0) is 28.8. The quantitative estimate of drug-likeness (QED) is 0.325. The third-order valence-corrected chi connectivity index (χ3v) is 7.27. The fourth-order valence-corrected chi connectivity index (χ4v) is 5.25. The molecule has 40 heavy (non-hydrogen) atoms. The molecule has 3 aromatic rings. The smallest absolute Gasteiger partial charge is 0.416 e. The van der Waals surface area contributed by atoms with Crippen molar-refractivity contribution in [2.45, 2.75) is 32.0 Å². The molecule has 1 heterocycles. The standard InChI is InChI=1S/C30H22F6N2O2/c1-29-13-3-6-23(32)27(29)37-28(22-12-9-18(14-24(22)33)17-7-10-20(31)11-8-17)38(25(29)16-26(39)40)21-5-2-4-19(15-21)30(34,35)36/h2-12,14-15,25H,13,16H2,1H3,(H,39,40). The van der Waals surface area contributed by atoms with E-state index in [-0.39, 0.29) is 29.2 Å². The molecule has 2 atom stereocenters. The molecule has 0 bridgehead atoms. The fourth-order valence-electron chi connectivity index (χ4n) is 5.25. The minimum absolute atomic E-state index is 0.0722. The Hall–Kier alpha value is -4.34. The van der Waals surface area contributed by atoms with Gasteiger partial charge in [0.15, 0.2) is 0 Å². The van der Waals surface area contributed by atoms with Crippen molar-refractivity contribution in [2.24, 2.45) is 10.4 Å². The first-order valence-electron chi connectivity index (χ1n) is 12.3. The van der Waals surface area contributed by atoms with Crippen molar-refractivity contribution in [1.82, 2.24) is 0 Å². The van der Waals surface area contributed by atoms with Crippen LogP contribution in [0.25, 0.3) is 11.1 Å². The van der Waals surface area contributed by atoms with Crippen LogP contribution in [0.15, 0.2) is 95.4 Å². The number of amidine groups is 1. The Labute approximate surface area is 225 Å². The molecule has 3 aromatic carbocycles. The van der Waals surface area contributed by atoms with Crippen molar-refractivity contribution in [3.8, 4) is 11.1 Å². The van der Waals surface area contributed by atoms with Crippen LogP contribution in [0.4, 0.5) is 32.0 Å². The number of alkyl halides is 3. The van der Waals surface area contributed by atoms with Crippen LogP contribution in [0, 0.1) is 17.0 Å². The van der Waals surface area contributed by atoms with Crippen LogP contribution in [0.3, 0.4) is 0 Å². The lowest BCUT2D eigenvalue weighted by atomic mass is 9.70. The third kappa shape index (κ3) is 4.89. The van der Waals surface area contributed by atoms with Crippen molar-refractivity contribution >= 4 is 17.5 Å². The lowest BCUT2D eigenvalue weighted by molar-refractivity contribution is -0.138. The number of carboxylic acid groups (broad SMARTS) is 1. The van der Waals surface area contributed by atoms with Gasteiger partial charge >= 0.3 is 12.1 Å². The summed E-state index contributed by atoms with van der Waals surface area (Å²) in [6.07, 6.45) is -2.44. The fraction of sp³-hybridized carbons (Fsp3) is 0.200. The third-order valence-electron chi connectivity index (χ3n) is 7.27. The van der Waals surface area contributed by atoms with Gasteiger partial charge in [-0.05, 0) is 66.1 Å². The summed E-state index contributed by atoms with van der Waals surface area (Å²) in [5.74, 6) is -3.55. The van der Waals surface area contributed by atoms with E-state index in [2.05, 4.69) is 4.99 Å². The van der Waals surface area contributed by atoms with E-state index in [9.17, 15) is 27.5 Å². The molecule has 0 fully saturated rings. The van der Waals surface area contributed by atoms with E-state index in [0.717, 1.165) is 24.3 Å².